The molecule has 3 rings (SSSR count). The number of nitrogens with zero attached hydrogens (tertiary/aromatic N) is 4. The number of aryl methyl sites for hydroxylation is 1. The summed E-state index contributed by atoms with van der Waals surface area (Å²) in [7, 11) is 2.00. The molecule has 0 saturated carbocycles. The van der Waals surface area contributed by atoms with Crippen molar-refractivity contribution in [3.8, 4) is 0 Å². The lowest BCUT2D eigenvalue weighted by molar-refractivity contribution is 0.0705. The highest BCUT2D eigenvalue weighted by Gasteiger charge is 2.27. The van der Waals surface area contributed by atoms with Gasteiger partial charge in [0.05, 0.1) is 5.56 Å². The van der Waals surface area contributed by atoms with Gasteiger partial charge in [0.15, 0.2) is 0 Å². The molecule has 1 saturated heterocycles. The van der Waals surface area contributed by atoms with Crippen LogP contribution in [0.5, 0.6) is 0 Å². The fourth-order valence-corrected chi connectivity index (χ4v) is 3.19. The molecule has 1 unspecified atom stereocenters. The molecule has 116 valence electrons. The Morgan fingerprint density at radius 1 is 1.36 bits per heavy atom. The van der Waals surface area contributed by atoms with Crippen LogP contribution in [0.2, 0.25) is 0 Å². The Labute approximate surface area is 131 Å². The van der Waals surface area contributed by atoms with Gasteiger partial charge in [-0.2, -0.15) is 0 Å². The molecule has 0 N–H and O–H groups in total. The molecule has 0 radical (unpaired) electrons. The van der Waals surface area contributed by atoms with Crippen molar-refractivity contribution in [2.45, 2.75) is 32.6 Å². The Hall–Kier alpha value is -2.17. The Morgan fingerprint density at radius 2 is 2.18 bits per heavy atom. The van der Waals surface area contributed by atoms with E-state index in [1.54, 1.807) is 12.5 Å². The summed E-state index contributed by atoms with van der Waals surface area (Å²) in [5.41, 5.74) is 4.01. The fraction of sp³-hybridized carbons (Fsp3) is 0.471. The van der Waals surface area contributed by atoms with Crippen LogP contribution in [-0.4, -0.2) is 38.4 Å². The van der Waals surface area contributed by atoms with E-state index in [0.29, 0.717) is 5.92 Å². The first kappa shape index (κ1) is 14.8. The molecule has 3 heterocycles. The highest BCUT2D eigenvalue weighted by molar-refractivity contribution is 5.95. The number of hydrogen-bond acceptors (Lipinski definition) is 3. The van der Waals surface area contributed by atoms with Crippen LogP contribution in [0.4, 0.5) is 0 Å². The summed E-state index contributed by atoms with van der Waals surface area (Å²) in [5, 5.41) is 0. The minimum absolute atomic E-state index is 0.139. The highest BCUT2D eigenvalue weighted by Crippen LogP contribution is 2.27. The molecule has 2 aromatic heterocycles. The number of likely N-dealkylation sites (tertiary alicyclic amines) is 1. The molecule has 2 aromatic rings. The van der Waals surface area contributed by atoms with Gasteiger partial charge in [-0.1, -0.05) is 0 Å². The van der Waals surface area contributed by atoms with E-state index in [1.807, 2.05) is 37.9 Å². The van der Waals surface area contributed by atoms with Gasteiger partial charge in [0, 0.05) is 49.3 Å². The van der Waals surface area contributed by atoms with Gasteiger partial charge >= 0.3 is 0 Å². The summed E-state index contributed by atoms with van der Waals surface area (Å²) < 4.78 is 2.07. The van der Waals surface area contributed by atoms with Crippen molar-refractivity contribution in [1.82, 2.24) is 19.4 Å². The van der Waals surface area contributed by atoms with Crippen LogP contribution >= 0.6 is 0 Å². The highest BCUT2D eigenvalue weighted by atomic mass is 16.2. The second kappa shape index (κ2) is 5.91. The second-order valence-electron chi connectivity index (χ2n) is 6.07. The summed E-state index contributed by atoms with van der Waals surface area (Å²) in [6.07, 6.45) is 5.45. The molecule has 22 heavy (non-hydrogen) atoms. The van der Waals surface area contributed by atoms with Gasteiger partial charge in [-0.05, 0) is 38.8 Å². The van der Waals surface area contributed by atoms with Crippen LogP contribution in [0.1, 0.15) is 46.2 Å². The maximum absolute atomic E-state index is 12.8. The Kier molecular flexibility index (Phi) is 3.96. The quantitative estimate of drug-likeness (QED) is 0.855. The summed E-state index contributed by atoms with van der Waals surface area (Å²) >= 11 is 0. The average Bonchev–Trinajstić information content (AvgIpc) is 2.82. The fourth-order valence-electron chi connectivity index (χ4n) is 3.19. The molecule has 1 aliphatic heterocycles. The zero-order chi connectivity index (χ0) is 15.7. The maximum Gasteiger partial charge on any atom is 0.255 e. The van der Waals surface area contributed by atoms with Crippen LogP contribution in [0, 0.1) is 13.8 Å². The minimum atomic E-state index is 0.139. The second-order valence-corrected chi connectivity index (χ2v) is 6.07. The lowest BCUT2D eigenvalue weighted by atomic mass is 9.94. The van der Waals surface area contributed by atoms with E-state index in [4.69, 9.17) is 0 Å². The van der Waals surface area contributed by atoms with Gasteiger partial charge in [0.2, 0.25) is 0 Å². The molecule has 0 bridgehead atoms. The van der Waals surface area contributed by atoms with E-state index in [0.717, 1.165) is 48.6 Å². The maximum atomic E-state index is 12.8. The third-order valence-electron chi connectivity index (χ3n) is 4.74. The van der Waals surface area contributed by atoms with E-state index >= 15 is 0 Å². The molecule has 5 nitrogen and oxygen atoms in total. The van der Waals surface area contributed by atoms with Crippen LogP contribution in [0.15, 0.2) is 24.7 Å². The Balaban J connectivity index is 1.80. The number of hydrogen-bond donors (Lipinski definition) is 0. The van der Waals surface area contributed by atoms with Crippen molar-refractivity contribution in [3.05, 3.63) is 47.3 Å². The number of amides is 1. The van der Waals surface area contributed by atoms with Crippen LogP contribution in [0.3, 0.4) is 0 Å². The first-order chi connectivity index (χ1) is 10.6. The number of carbonyl (C=O) groups excluding carboxylic acids is 1. The van der Waals surface area contributed by atoms with E-state index in [2.05, 4.69) is 14.5 Å². The van der Waals surface area contributed by atoms with Crippen molar-refractivity contribution in [3.63, 3.8) is 0 Å². The molecular formula is C17H22N4O. The Bertz CT molecular complexity index is 677. The molecule has 1 aliphatic rings. The molecule has 0 spiro atoms. The molecule has 5 heteroatoms. The normalized spacial score (nSPS) is 18.5. The SMILES string of the molecule is Cc1cc(C(=O)N2CCCC(c3ccncn3)C2)c(C)n1C. The lowest BCUT2D eigenvalue weighted by Crippen LogP contribution is -2.39. The standard InChI is InChI=1S/C17H22N4O/c1-12-9-15(13(2)20(12)3)17(22)21-8-4-5-14(10-21)16-6-7-18-11-19-16/h6-7,9,11,14H,4-5,8,10H2,1-3H3. The molecule has 0 aliphatic carbocycles. The number of rotatable bonds is 2. The van der Waals surface area contributed by atoms with Gasteiger partial charge < -0.3 is 9.47 Å². The zero-order valence-electron chi connectivity index (χ0n) is 13.4. The minimum Gasteiger partial charge on any atom is -0.351 e. The van der Waals surface area contributed by atoms with Gasteiger partial charge in [0.25, 0.3) is 5.91 Å². The summed E-state index contributed by atoms with van der Waals surface area (Å²) in [4.78, 5) is 23.1. The monoisotopic (exact) mass is 298 g/mol. The van der Waals surface area contributed by atoms with E-state index in [-0.39, 0.29) is 5.91 Å². The predicted octanol–water partition coefficient (Wildman–Crippen LogP) is 2.45. The van der Waals surface area contributed by atoms with Crippen molar-refractivity contribution in [1.29, 1.82) is 0 Å². The first-order valence-corrected chi connectivity index (χ1v) is 7.76. The van der Waals surface area contributed by atoms with E-state index < -0.39 is 0 Å². The van der Waals surface area contributed by atoms with Crippen molar-refractivity contribution >= 4 is 5.91 Å². The summed E-state index contributed by atoms with van der Waals surface area (Å²) in [6.45, 7) is 5.60. The van der Waals surface area contributed by atoms with Crippen molar-refractivity contribution < 1.29 is 4.79 Å². The molecule has 1 amide bonds. The topological polar surface area (TPSA) is 51.0 Å². The molecule has 0 aromatic carbocycles. The molecule has 1 fully saturated rings. The van der Waals surface area contributed by atoms with Crippen molar-refractivity contribution in [2.75, 3.05) is 13.1 Å². The van der Waals surface area contributed by atoms with E-state index in [9.17, 15) is 4.79 Å². The third kappa shape index (κ3) is 2.63. The van der Waals surface area contributed by atoms with Gasteiger partial charge in [-0.25, -0.2) is 9.97 Å². The number of aromatic nitrogens is 3. The van der Waals surface area contributed by atoms with Crippen LogP contribution in [0.25, 0.3) is 0 Å². The summed E-state index contributed by atoms with van der Waals surface area (Å²) in [6, 6.07) is 3.95. The number of carbonyl (C=O) groups is 1. The van der Waals surface area contributed by atoms with Gasteiger partial charge in [-0.15, -0.1) is 0 Å². The average molecular weight is 298 g/mol. The molecular weight excluding hydrogens is 276 g/mol. The number of piperidine rings is 1. The Morgan fingerprint density at radius 3 is 2.82 bits per heavy atom. The van der Waals surface area contributed by atoms with Crippen LogP contribution < -0.4 is 0 Å². The first-order valence-electron chi connectivity index (χ1n) is 7.76. The third-order valence-corrected chi connectivity index (χ3v) is 4.74. The van der Waals surface area contributed by atoms with E-state index in [1.165, 1.54) is 0 Å². The molecule has 1 atom stereocenters. The van der Waals surface area contributed by atoms with Gasteiger partial charge in [-0.3, -0.25) is 4.79 Å². The summed E-state index contributed by atoms with van der Waals surface area (Å²) in [5.74, 6) is 0.450. The van der Waals surface area contributed by atoms with Crippen molar-refractivity contribution in [2.24, 2.45) is 7.05 Å². The van der Waals surface area contributed by atoms with Crippen LogP contribution in [-0.2, 0) is 7.05 Å². The van der Waals surface area contributed by atoms with Gasteiger partial charge in [0.1, 0.15) is 6.33 Å². The largest absolute Gasteiger partial charge is 0.351 e. The predicted molar refractivity (Wildman–Crippen MR) is 84.8 cm³/mol. The zero-order valence-corrected chi connectivity index (χ0v) is 13.4. The lowest BCUT2D eigenvalue weighted by Gasteiger charge is -2.32. The smallest absolute Gasteiger partial charge is 0.255 e.